The molecule has 0 N–H and O–H groups in total. The zero-order valence-corrected chi connectivity index (χ0v) is 27.6. The van der Waals surface area contributed by atoms with Gasteiger partial charge in [-0.25, -0.2) is 0 Å². The Morgan fingerprint density at radius 1 is 0.415 bits per heavy atom. The Morgan fingerprint density at radius 3 is 0.976 bits per heavy atom. The molecule has 0 aromatic heterocycles. The standard InChI is InChI=1S/2C18H32O2.Co/c2*1-2-3-4-5-6-7-8-9-10-11-12-13-14-15-16-17-18(19)20;/h2*6-7,9-10H,2-5,8,11-17H2,1H3,(H,19,20);/q;;+2/p-2/b2*7-6-,10-9-;. The SMILES string of the molecule is CCCCC/C=C\C/C=C\CCCCCCCC(=O)[O-].CCCCC/C=C\C/C=C\CCCCCCCC(=O)[O-].[Co+2]. The van der Waals surface area contributed by atoms with E-state index in [1.165, 1.54) is 77.0 Å². The van der Waals surface area contributed by atoms with E-state index < -0.39 is 11.9 Å². The first-order chi connectivity index (χ1) is 19.5. The van der Waals surface area contributed by atoms with Crippen molar-refractivity contribution in [3.05, 3.63) is 48.6 Å². The third-order valence-corrected chi connectivity index (χ3v) is 6.66. The molecule has 4 nitrogen and oxygen atoms in total. The Morgan fingerprint density at radius 2 is 0.683 bits per heavy atom. The number of aliphatic carboxylic acids is 2. The molecule has 0 unspecified atom stereocenters. The molecule has 0 spiro atoms. The van der Waals surface area contributed by atoms with Crippen molar-refractivity contribution in [2.45, 2.75) is 168 Å². The van der Waals surface area contributed by atoms with Gasteiger partial charge in [-0.15, -0.1) is 0 Å². The van der Waals surface area contributed by atoms with E-state index in [2.05, 4.69) is 62.5 Å². The molecule has 0 atom stereocenters. The number of carbonyl (C=O) groups excluding carboxylic acids is 2. The van der Waals surface area contributed by atoms with Gasteiger partial charge in [-0.1, -0.05) is 127 Å². The molecule has 0 rings (SSSR count). The van der Waals surface area contributed by atoms with Crippen LogP contribution >= 0.6 is 0 Å². The van der Waals surface area contributed by atoms with Gasteiger partial charge in [-0.2, -0.15) is 0 Å². The van der Waals surface area contributed by atoms with Gasteiger partial charge in [0.2, 0.25) is 0 Å². The number of hydrogen-bond acceptors (Lipinski definition) is 4. The maximum absolute atomic E-state index is 10.2. The van der Waals surface area contributed by atoms with Gasteiger partial charge in [0, 0.05) is 11.9 Å². The first-order valence-electron chi connectivity index (χ1n) is 16.5. The second kappa shape index (κ2) is 40.5. The Labute approximate surface area is 264 Å². The van der Waals surface area contributed by atoms with E-state index in [1.54, 1.807) is 0 Å². The molecule has 5 heteroatoms. The van der Waals surface area contributed by atoms with E-state index in [0.29, 0.717) is 0 Å². The molecule has 0 heterocycles. The molecule has 0 saturated heterocycles. The van der Waals surface area contributed by atoms with Crippen molar-refractivity contribution in [1.29, 1.82) is 0 Å². The van der Waals surface area contributed by atoms with Gasteiger partial charge in [-0.05, 0) is 89.9 Å². The van der Waals surface area contributed by atoms with Gasteiger partial charge in [0.15, 0.2) is 0 Å². The van der Waals surface area contributed by atoms with Crippen LogP contribution in [0.3, 0.4) is 0 Å². The molecule has 41 heavy (non-hydrogen) atoms. The normalized spacial score (nSPS) is 11.4. The van der Waals surface area contributed by atoms with Crippen molar-refractivity contribution < 1.29 is 36.6 Å². The van der Waals surface area contributed by atoms with Gasteiger partial charge in [-0.3, -0.25) is 0 Å². The molecular formula is C36H62CoO4. The predicted molar refractivity (Wildman–Crippen MR) is 169 cm³/mol. The number of carboxylic acid groups (broad SMARTS) is 2. The minimum atomic E-state index is -0.921. The molecule has 0 amide bonds. The average Bonchev–Trinajstić information content (AvgIpc) is 2.93. The zero-order chi connectivity index (χ0) is 29.8. The minimum Gasteiger partial charge on any atom is -0.550 e. The van der Waals surface area contributed by atoms with Crippen LogP contribution in [0, 0.1) is 0 Å². The molecule has 0 bridgehead atoms. The van der Waals surface area contributed by atoms with Crippen LogP contribution in [0.2, 0.25) is 0 Å². The summed E-state index contributed by atoms with van der Waals surface area (Å²) in [7, 11) is 0. The molecule has 0 aromatic rings. The van der Waals surface area contributed by atoms with Crippen LogP contribution in [0.5, 0.6) is 0 Å². The van der Waals surface area contributed by atoms with Gasteiger partial charge in [0.1, 0.15) is 0 Å². The van der Waals surface area contributed by atoms with E-state index in [4.69, 9.17) is 0 Å². The van der Waals surface area contributed by atoms with Gasteiger partial charge < -0.3 is 19.8 Å². The molecule has 0 fully saturated rings. The Bertz CT molecular complexity index is 596. The average molecular weight is 618 g/mol. The first-order valence-corrected chi connectivity index (χ1v) is 16.5. The first kappa shape index (κ1) is 43.9. The molecule has 0 aromatic carbocycles. The summed E-state index contributed by atoms with van der Waals surface area (Å²) in [5, 5.41) is 20.4. The van der Waals surface area contributed by atoms with Crippen LogP contribution < -0.4 is 10.2 Å². The Kier molecular flexibility index (Phi) is 43.4. The summed E-state index contributed by atoms with van der Waals surface area (Å²) in [5.74, 6) is -1.84. The maximum Gasteiger partial charge on any atom is 2.00 e. The third-order valence-electron chi connectivity index (χ3n) is 6.66. The van der Waals surface area contributed by atoms with Gasteiger partial charge >= 0.3 is 16.8 Å². The van der Waals surface area contributed by atoms with E-state index in [1.807, 2.05) is 0 Å². The number of hydrogen-bond donors (Lipinski definition) is 0. The Hall–Kier alpha value is -1.59. The molecule has 239 valence electrons. The Balaban J connectivity index is -0.000000688. The summed E-state index contributed by atoms with van der Waals surface area (Å²) >= 11 is 0. The smallest absolute Gasteiger partial charge is 0.550 e. The fraction of sp³-hybridized carbons (Fsp3) is 0.722. The van der Waals surface area contributed by atoms with Crippen molar-refractivity contribution in [3.63, 3.8) is 0 Å². The maximum atomic E-state index is 10.2. The summed E-state index contributed by atoms with van der Waals surface area (Å²) in [6, 6.07) is 0. The van der Waals surface area contributed by atoms with Crippen molar-refractivity contribution in [3.8, 4) is 0 Å². The molecular weight excluding hydrogens is 555 g/mol. The number of allylic oxidation sites excluding steroid dienone is 8. The zero-order valence-electron chi connectivity index (χ0n) is 26.6. The van der Waals surface area contributed by atoms with Crippen LogP contribution in [0.15, 0.2) is 48.6 Å². The largest absolute Gasteiger partial charge is 2.00 e. The van der Waals surface area contributed by atoms with Crippen LogP contribution in [0.1, 0.15) is 168 Å². The second-order valence-electron chi connectivity index (χ2n) is 10.7. The number of unbranched alkanes of at least 4 members (excludes halogenated alkanes) is 16. The fourth-order valence-corrected chi connectivity index (χ4v) is 4.16. The fourth-order valence-electron chi connectivity index (χ4n) is 4.16. The van der Waals surface area contributed by atoms with Crippen molar-refractivity contribution in [2.75, 3.05) is 0 Å². The molecule has 0 saturated carbocycles. The predicted octanol–water partition coefficient (Wildman–Crippen LogP) is 9.10. The van der Waals surface area contributed by atoms with Crippen molar-refractivity contribution in [2.24, 2.45) is 0 Å². The van der Waals surface area contributed by atoms with Crippen molar-refractivity contribution in [1.82, 2.24) is 0 Å². The molecule has 0 aliphatic carbocycles. The molecule has 0 aliphatic heterocycles. The topological polar surface area (TPSA) is 80.3 Å². The van der Waals surface area contributed by atoms with Crippen LogP contribution in [0.4, 0.5) is 0 Å². The minimum absolute atomic E-state index is 0. The third kappa shape index (κ3) is 48.5. The van der Waals surface area contributed by atoms with E-state index in [0.717, 1.165) is 64.2 Å². The van der Waals surface area contributed by atoms with Crippen LogP contribution in [-0.4, -0.2) is 11.9 Å². The van der Waals surface area contributed by atoms with Crippen LogP contribution in [-0.2, 0) is 26.4 Å². The quantitative estimate of drug-likeness (QED) is 0.0648. The summed E-state index contributed by atoms with van der Waals surface area (Å²) in [4.78, 5) is 20.4. The number of carboxylic acids is 2. The van der Waals surface area contributed by atoms with Gasteiger partial charge in [0.25, 0.3) is 0 Å². The van der Waals surface area contributed by atoms with Crippen molar-refractivity contribution >= 4 is 11.9 Å². The monoisotopic (exact) mass is 617 g/mol. The van der Waals surface area contributed by atoms with E-state index in [9.17, 15) is 19.8 Å². The van der Waals surface area contributed by atoms with E-state index in [-0.39, 0.29) is 29.6 Å². The summed E-state index contributed by atoms with van der Waals surface area (Å²) in [5.41, 5.74) is 0. The van der Waals surface area contributed by atoms with Gasteiger partial charge in [0.05, 0.1) is 0 Å². The summed E-state index contributed by atoms with van der Waals surface area (Å²) < 4.78 is 0. The number of carbonyl (C=O) groups is 2. The van der Waals surface area contributed by atoms with Crippen LogP contribution in [0.25, 0.3) is 0 Å². The summed E-state index contributed by atoms with van der Waals surface area (Å²) in [6.45, 7) is 4.46. The second-order valence-corrected chi connectivity index (χ2v) is 10.7. The molecule has 1 radical (unpaired) electrons. The molecule has 0 aliphatic rings. The van der Waals surface area contributed by atoms with E-state index >= 15 is 0 Å². The number of rotatable bonds is 28. The summed E-state index contributed by atoms with van der Waals surface area (Å²) in [6.07, 6.45) is 43.9.